The summed E-state index contributed by atoms with van der Waals surface area (Å²) in [4.78, 5) is 28.5. The quantitative estimate of drug-likeness (QED) is 0.906. The highest BCUT2D eigenvalue weighted by molar-refractivity contribution is 5.94. The van der Waals surface area contributed by atoms with E-state index in [1.165, 1.54) is 0 Å². The van der Waals surface area contributed by atoms with Crippen LogP contribution < -0.4 is 5.32 Å². The summed E-state index contributed by atoms with van der Waals surface area (Å²) in [5.74, 6) is 0.630. The fourth-order valence-corrected chi connectivity index (χ4v) is 3.30. The molecule has 2 fully saturated rings. The summed E-state index contributed by atoms with van der Waals surface area (Å²) in [6.07, 6.45) is 1.78. The molecule has 3 rings (SSSR count). The molecule has 112 valence electrons. The minimum atomic E-state index is -0.291. The zero-order valence-electron chi connectivity index (χ0n) is 12.3. The summed E-state index contributed by atoms with van der Waals surface area (Å²) in [6, 6.07) is 8.92. The number of rotatable bonds is 2. The Kier molecular flexibility index (Phi) is 3.82. The smallest absolute Gasteiger partial charge is 0.322 e. The van der Waals surface area contributed by atoms with Gasteiger partial charge in [0, 0.05) is 25.3 Å². The van der Waals surface area contributed by atoms with E-state index >= 15 is 0 Å². The number of likely N-dealkylation sites (tertiary alicyclic amines) is 2. The van der Waals surface area contributed by atoms with Gasteiger partial charge < -0.3 is 15.1 Å². The molecule has 2 heterocycles. The number of anilines is 1. The molecular weight excluding hydrogens is 266 g/mol. The van der Waals surface area contributed by atoms with Crippen molar-refractivity contribution in [2.24, 2.45) is 5.92 Å². The highest BCUT2D eigenvalue weighted by Crippen LogP contribution is 2.30. The summed E-state index contributed by atoms with van der Waals surface area (Å²) in [5.41, 5.74) is 0.764. The van der Waals surface area contributed by atoms with Crippen LogP contribution in [0.25, 0.3) is 0 Å². The minimum Gasteiger partial charge on any atom is -0.341 e. The number of urea groups is 1. The fourth-order valence-electron chi connectivity index (χ4n) is 3.30. The maximum Gasteiger partial charge on any atom is 0.322 e. The van der Waals surface area contributed by atoms with E-state index in [1.807, 2.05) is 42.2 Å². The Bertz CT molecular complexity index is 532. The van der Waals surface area contributed by atoms with Gasteiger partial charge in [0.05, 0.1) is 0 Å². The second kappa shape index (κ2) is 5.76. The predicted octanol–water partition coefficient (Wildman–Crippen LogP) is 2.16. The Morgan fingerprint density at radius 1 is 1.33 bits per heavy atom. The van der Waals surface area contributed by atoms with Gasteiger partial charge in [-0.3, -0.25) is 4.79 Å². The number of amides is 3. The average molecular weight is 287 g/mol. The maximum absolute atomic E-state index is 12.5. The lowest BCUT2D eigenvalue weighted by Crippen LogP contribution is -2.60. The van der Waals surface area contributed by atoms with Gasteiger partial charge in [-0.05, 0) is 37.8 Å². The van der Waals surface area contributed by atoms with Crippen molar-refractivity contribution in [3.63, 3.8) is 0 Å². The Morgan fingerprint density at radius 2 is 2.10 bits per heavy atom. The standard InChI is InChI=1S/C16H21N3O2/c1-2-18-11-12-8-9-19(14(10-12)15(18)20)16(21)17-13-6-4-3-5-7-13/h3-7,12,14H,2,8-11H2,1H3,(H,17,21)/t12-,14+/m0/s1. The molecule has 1 aromatic rings. The number of hydrogen-bond donors (Lipinski definition) is 1. The number of nitrogens with one attached hydrogen (secondary N) is 1. The van der Waals surface area contributed by atoms with Gasteiger partial charge in [0.25, 0.3) is 0 Å². The van der Waals surface area contributed by atoms with E-state index in [1.54, 1.807) is 4.90 Å². The molecule has 0 aliphatic carbocycles. The van der Waals surface area contributed by atoms with Gasteiger partial charge in [-0.15, -0.1) is 0 Å². The zero-order valence-corrected chi connectivity index (χ0v) is 12.3. The molecule has 0 unspecified atom stereocenters. The lowest BCUT2D eigenvalue weighted by molar-refractivity contribution is -0.143. The van der Waals surface area contributed by atoms with E-state index in [0.717, 1.165) is 31.6 Å². The van der Waals surface area contributed by atoms with Crippen molar-refractivity contribution in [1.29, 1.82) is 0 Å². The van der Waals surface area contributed by atoms with Crippen molar-refractivity contribution in [2.45, 2.75) is 25.8 Å². The molecule has 2 aliphatic rings. The lowest BCUT2D eigenvalue weighted by atomic mass is 9.86. The molecule has 5 heteroatoms. The number of carbonyl (C=O) groups is 2. The first kappa shape index (κ1) is 13.9. The predicted molar refractivity (Wildman–Crippen MR) is 80.9 cm³/mol. The molecule has 2 saturated heterocycles. The molecule has 1 aromatic carbocycles. The Labute approximate surface area is 124 Å². The SMILES string of the molecule is CCN1C[C@H]2CCN(C(=O)Nc3ccccc3)[C@H](C2)C1=O. The molecule has 0 radical (unpaired) electrons. The van der Waals surface area contributed by atoms with E-state index in [-0.39, 0.29) is 18.0 Å². The highest BCUT2D eigenvalue weighted by atomic mass is 16.2. The number of fused-ring (bicyclic) bond motifs is 2. The van der Waals surface area contributed by atoms with E-state index in [9.17, 15) is 9.59 Å². The molecule has 5 nitrogen and oxygen atoms in total. The van der Waals surface area contributed by atoms with Crippen LogP contribution in [0.4, 0.5) is 10.5 Å². The number of piperidine rings is 2. The number of para-hydroxylation sites is 1. The number of nitrogens with zero attached hydrogens (tertiary/aromatic N) is 2. The van der Waals surface area contributed by atoms with E-state index in [0.29, 0.717) is 12.5 Å². The van der Waals surface area contributed by atoms with Crippen LogP contribution in [0.2, 0.25) is 0 Å². The average Bonchev–Trinajstić information content (AvgIpc) is 2.52. The number of benzene rings is 1. The molecule has 1 N–H and O–H groups in total. The van der Waals surface area contributed by atoms with Crippen molar-refractivity contribution >= 4 is 17.6 Å². The van der Waals surface area contributed by atoms with Gasteiger partial charge >= 0.3 is 6.03 Å². The molecule has 0 aromatic heterocycles. The molecule has 21 heavy (non-hydrogen) atoms. The zero-order chi connectivity index (χ0) is 14.8. The molecule has 2 bridgehead atoms. The first-order chi connectivity index (χ1) is 10.2. The van der Waals surface area contributed by atoms with Gasteiger partial charge in [-0.1, -0.05) is 18.2 Å². The van der Waals surface area contributed by atoms with Crippen molar-refractivity contribution in [1.82, 2.24) is 9.80 Å². The molecule has 0 spiro atoms. The first-order valence-electron chi connectivity index (χ1n) is 7.60. The number of hydrogen-bond acceptors (Lipinski definition) is 2. The summed E-state index contributed by atoms with van der Waals surface area (Å²) in [6.45, 7) is 4.23. The Balaban J connectivity index is 1.73. The molecule has 0 saturated carbocycles. The van der Waals surface area contributed by atoms with Gasteiger partial charge in [0.1, 0.15) is 6.04 Å². The van der Waals surface area contributed by atoms with Crippen LogP contribution in [-0.2, 0) is 4.79 Å². The Morgan fingerprint density at radius 3 is 2.81 bits per heavy atom. The molecular formula is C16H21N3O2. The van der Waals surface area contributed by atoms with Crippen LogP contribution in [0.1, 0.15) is 19.8 Å². The third-order valence-electron chi connectivity index (χ3n) is 4.45. The molecule has 3 amide bonds. The van der Waals surface area contributed by atoms with Crippen LogP contribution in [0, 0.1) is 5.92 Å². The highest BCUT2D eigenvalue weighted by Gasteiger charge is 2.42. The van der Waals surface area contributed by atoms with Gasteiger partial charge in [-0.25, -0.2) is 4.79 Å². The van der Waals surface area contributed by atoms with Crippen LogP contribution in [0.3, 0.4) is 0 Å². The second-order valence-corrected chi connectivity index (χ2v) is 5.77. The van der Waals surface area contributed by atoms with Gasteiger partial charge in [0.15, 0.2) is 0 Å². The summed E-state index contributed by atoms with van der Waals surface area (Å²) >= 11 is 0. The van der Waals surface area contributed by atoms with Crippen molar-refractivity contribution in [3.05, 3.63) is 30.3 Å². The lowest BCUT2D eigenvalue weighted by Gasteiger charge is -2.46. The summed E-state index contributed by atoms with van der Waals surface area (Å²) in [7, 11) is 0. The van der Waals surface area contributed by atoms with Gasteiger partial charge in [-0.2, -0.15) is 0 Å². The normalized spacial score (nSPS) is 24.9. The Hall–Kier alpha value is -2.04. The van der Waals surface area contributed by atoms with E-state index in [2.05, 4.69) is 5.32 Å². The maximum atomic E-state index is 12.5. The van der Waals surface area contributed by atoms with Crippen molar-refractivity contribution in [3.8, 4) is 0 Å². The van der Waals surface area contributed by atoms with Crippen molar-refractivity contribution in [2.75, 3.05) is 25.0 Å². The number of likely N-dealkylation sites (N-methyl/N-ethyl adjacent to an activating group) is 1. The molecule has 2 aliphatic heterocycles. The third-order valence-corrected chi connectivity index (χ3v) is 4.45. The van der Waals surface area contributed by atoms with Crippen LogP contribution in [0.5, 0.6) is 0 Å². The topological polar surface area (TPSA) is 52.6 Å². The second-order valence-electron chi connectivity index (χ2n) is 5.77. The fraction of sp³-hybridized carbons (Fsp3) is 0.500. The van der Waals surface area contributed by atoms with Gasteiger partial charge in [0.2, 0.25) is 5.91 Å². The van der Waals surface area contributed by atoms with Crippen molar-refractivity contribution < 1.29 is 9.59 Å². The van der Waals surface area contributed by atoms with E-state index in [4.69, 9.17) is 0 Å². The van der Waals surface area contributed by atoms with E-state index < -0.39 is 0 Å². The van der Waals surface area contributed by atoms with Crippen LogP contribution in [0.15, 0.2) is 30.3 Å². The summed E-state index contributed by atoms with van der Waals surface area (Å²) < 4.78 is 0. The molecule has 2 atom stereocenters. The minimum absolute atomic E-state index is 0.0941. The van der Waals surface area contributed by atoms with Crippen LogP contribution >= 0.6 is 0 Å². The summed E-state index contributed by atoms with van der Waals surface area (Å²) in [5, 5.41) is 2.88. The third kappa shape index (κ3) is 2.73. The number of carbonyl (C=O) groups excluding carboxylic acids is 2. The van der Waals surface area contributed by atoms with Crippen LogP contribution in [-0.4, -0.2) is 47.4 Å². The monoisotopic (exact) mass is 287 g/mol. The largest absolute Gasteiger partial charge is 0.341 e. The first-order valence-corrected chi connectivity index (χ1v) is 7.60.